The molecule has 2 bridgehead atoms. The Morgan fingerprint density at radius 3 is 2.33 bits per heavy atom. The summed E-state index contributed by atoms with van der Waals surface area (Å²) in [5.41, 5.74) is 1.61. The van der Waals surface area contributed by atoms with E-state index in [4.69, 9.17) is 11.6 Å². The number of aryl methyl sites for hydroxylation is 1. The lowest BCUT2D eigenvalue weighted by Crippen LogP contribution is -2.58. The van der Waals surface area contributed by atoms with Gasteiger partial charge in [0.1, 0.15) is 0 Å². The van der Waals surface area contributed by atoms with Crippen LogP contribution in [0.3, 0.4) is 0 Å². The molecule has 2 aromatic carbocycles. The van der Waals surface area contributed by atoms with Crippen LogP contribution in [0, 0.1) is 18.8 Å². The highest BCUT2D eigenvalue weighted by molar-refractivity contribution is 7.93. The Labute approximate surface area is 164 Å². The first kappa shape index (κ1) is 18.3. The van der Waals surface area contributed by atoms with Crippen molar-refractivity contribution < 1.29 is 13.2 Å². The molecule has 0 aromatic heterocycles. The van der Waals surface area contributed by atoms with Gasteiger partial charge in [0.05, 0.1) is 10.3 Å². The minimum atomic E-state index is -4.00. The molecule has 4 atom stereocenters. The second-order valence-corrected chi connectivity index (χ2v) is 9.85. The molecule has 0 saturated heterocycles. The second-order valence-electron chi connectivity index (χ2n) is 7.22. The molecule has 6 heteroatoms. The molecule has 0 heterocycles. The van der Waals surface area contributed by atoms with E-state index in [0.29, 0.717) is 12.1 Å². The highest BCUT2D eigenvalue weighted by Gasteiger charge is 2.67. The molecule has 4 rings (SSSR count). The van der Waals surface area contributed by atoms with Crippen LogP contribution < -0.4 is 5.32 Å². The van der Waals surface area contributed by atoms with Crippen molar-refractivity contribution in [2.24, 2.45) is 11.8 Å². The lowest BCUT2D eigenvalue weighted by atomic mass is 9.90. The Morgan fingerprint density at radius 2 is 1.74 bits per heavy atom. The SMILES string of the molecule is Cc1ccc(NC(=O)[C@]2(S(=O)(=O)c3ccccc3)[C@@H]3C=C[C@@H](C3)[C@H]2Cl)cc1. The minimum absolute atomic E-state index is 0.121. The van der Waals surface area contributed by atoms with Gasteiger partial charge in [0.15, 0.2) is 14.6 Å². The Bertz CT molecular complexity index is 1000. The van der Waals surface area contributed by atoms with E-state index in [-0.39, 0.29) is 10.8 Å². The average molecular weight is 402 g/mol. The van der Waals surface area contributed by atoms with Crippen LogP contribution in [0.5, 0.6) is 0 Å². The minimum Gasteiger partial charge on any atom is -0.325 e. The predicted molar refractivity (Wildman–Crippen MR) is 107 cm³/mol. The lowest BCUT2D eigenvalue weighted by molar-refractivity contribution is -0.119. The molecule has 2 aromatic rings. The van der Waals surface area contributed by atoms with Crippen LogP contribution in [-0.2, 0) is 14.6 Å². The van der Waals surface area contributed by atoms with E-state index in [2.05, 4.69) is 5.32 Å². The summed E-state index contributed by atoms with van der Waals surface area (Å²) in [5.74, 6) is -1.13. The van der Waals surface area contributed by atoms with Crippen LogP contribution in [0.2, 0.25) is 0 Å². The van der Waals surface area contributed by atoms with Gasteiger partial charge in [-0.25, -0.2) is 8.42 Å². The van der Waals surface area contributed by atoms with E-state index in [1.807, 2.05) is 31.2 Å². The van der Waals surface area contributed by atoms with Crippen molar-refractivity contribution in [2.45, 2.75) is 28.4 Å². The molecule has 0 radical (unpaired) electrons. The van der Waals surface area contributed by atoms with Gasteiger partial charge < -0.3 is 5.32 Å². The number of carbonyl (C=O) groups is 1. The van der Waals surface area contributed by atoms with Crippen LogP contribution in [0.1, 0.15) is 12.0 Å². The maximum Gasteiger partial charge on any atom is 0.248 e. The standard InChI is InChI=1S/C21H20ClNO3S/c1-14-7-11-17(12-8-14)23-20(24)21(16-10-9-15(13-16)19(21)22)27(25,26)18-5-3-2-4-6-18/h2-12,15-16,19H,13H2,1H3,(H,23,24)/t15-,16+,19+,21-/m0/s1. The van der Waals surface area contributed by atoms with Gasteiger partial charge in [-0.05, 0) is 43.5 Å². The van der Waals surface area contributed by atoms with Crippen molar-refractivity contribution >= 4 is 33.0 Å². The average Bonchev–Trinajstić information content (AvgIpc) is 3.25. The van der Waals surface area contributed by atoms with Crippen molar-refractivity contribution in [1.82, 2.24) is 0 Å². The Hall–Kier alpha value is -2.11. The summed E-state index contributed by atoms with van der Waals surface area (Å²) >= 11 is 6.66. The molecule has 2 aliphatic rings. The molecule has 4 nitrogen and oxygen atoms in total. The number of nitrogens with one attached hydrogen (secondary N) is 1. The summed E-state index contributed by atoms with van der Waals surface area (Å²) in [7, 11) is -4.00. The van der Waals surface area contributed by atoms with Crippen LogP contribution >= 0.6 is 11.6 Å². The lowest BCUT2D eigenvalue weighted by Gasteiger charge is -2.36. The number of alkyl halides is 1. The second kappa shape index (κ2) is 6.50. The number of amides is 1. The fourth-order valence-corrected chi connectivity index (χ4v) is 7.25. The highest BCUT2D eigenvalue weighted by Crippen LogP contribution is 2.55. The monoisotopic (exact) mass is 401 g/mol. The van der Waals surface area contributed by atoms with Crippen molar-refractivity contribution in [2.75, 3.05) is 5.32 Å². The summed E-state index contributed by atoms with van der Waals surface area (Å²) in [6.45, 7) is 1.95. The summed E-state index contributed by atoms with van der Waals surface area (Å²) < 4.78 is 25.6. The maximum absolute atomic E-state index is 13.7. The molecule has 140 valence electrons. The van der Waals surface area contributed by atoms with Gasteiger partial charge in [-0.1, -0.05) is 48.0 Å². The molecule has 1 N–H and O–H groups in total. The Morgan fingerprint density at radius 1 is 1.07 bits per heavy atom. The smallest absolute Gasteiger partial charge is 0.248 e. The Kier molecular flexibility index (Phi) is 4.40. The van der Waals surface area contributed by atoms with E-state index in [0.717, 1.165) is 5.56 Å². The zero-order chi connectivity index (χ0) is 19.2. The molecule has 0 aliphatic heterocycles. The van der Waals surface area contributed by atoms with E-state index < -0.39 is 31.8 Å². The van der Waals surface area contributed by atoms with Gasteiger partial charge in [0, 0.05) is 11.6 Å². The number of allylic oxidation sites excluding steroid dienone is 2. The topological polar surface area (TPSA) is 63.2 Å². The number of sulfone groups is 1. The summed E-state index contributed by atoms with van der Waals surface area (Å²) in [6, 6.07) is 15.4. The number of rotatable bonds is 4. The van der Waals surface area contributed by atoms with Gasteiger partial charge in [0.2, 0.25) is 5.91 Å². The fraction of sp³-hybridized carbons (Fsp3) is 0.286. The van der Waals surface area contributed by atoms with Gasteiger partial charge in [0.25, 0.3) is 0 Å². The van der Waals surface area contributed by atoms with Crippen molar-refractivity contribution in [3.05, 3.63) is 72.3 Å². The van der Waals surface area contributed by atoms with Crippen molar-refractivity contribution in [3.63, 3.8) is 0 Å². The first-order valence-corrected chi connectivity index (χ1v) is 10.8. The number of halogens is 1. The Balaban J connectivity index is 1.82. The van der Waals surface area contributed by atoms with Crippen LogP contribution in [0.15, 0.2) is 71.6 Å². The third-order valence-corrected chi connectivity index (χ3v) is 8.94. The molecule has 1 amide bonds. The predicted octanol–water partition coefficient (Wildman–Crippen LogP) is 3.96. The zero-order valence-corrected chi connectivity index (χ0v) is 16.4. The zero-order valence-electron chi connectivity index (χ0n) is 14.8. The summed E-state index contributed by atoms with van der Waals surface area (Å²) in [6.07, 6.45) is 4.33. The third-order valence-electron chi connectivity index (χ3n) is 5.62. The summed E-state index contributed by atoms with van der Waals surface area (Å²) in [4.78, 5) is 13.6. The first-order chi connectivity index (χ1) is 12.9. The summed E-state index contributed by atoms with van der Waals surface area (Å²) in [5, 5.41) is 1.99. The number of hydrogen-bond acceptors (Lipinski definition) is 3. The number of hydrogen-bond donors (Lipinski definition) is 1. The quantitative estimate of drug-likeness (QED) is 0.623. The molecular weight excluding hydrogens is 382 g/mol. The number of carbonyl (C=O) groups excluding carboxylic acids is 1. The van der Waals surface area contributed by atoms with Crippen LogP contribution in [0.4, 0.5) is 5.69 Å². The van der Waals surface area contributed by atoms with E-state index in [1.165, 1.54) is 12.1 Å². The van der Waals surface area contributed by atoms with Gasteiger partial charge >= 0.3 is 0 Å². The van der Waals surface area contributed by atoms with Crippen LogP contribution in [0.25, 0.3) is 0 Å². The van der Waals surface area contributed by atoms with Crippen molar-refractivity contribution in [1.29, 1.82) is 0 Å². The molecule has 2 aliphatic carbocycles. The molecule has 0 spiro atoms. The molecule has 0 unspecified atom stereocenters. The van der Waals surface area contributed by atoms with E-state index >= 15 is 0 Å². The molecule has 27 heavy (non-hydrogen) atoms. The fourth-order valence-electron chi connectivity index (χ4n) is 4.21. The van der Waals surface area contributed by atoms with Crippen molar-refractivity contribution in [3.8, 4) is 0 Å². The van der Waals surface area contributed by atoms with Gasteiger partial charge in [-0.2, -0.15) is 0 Å². The first-order valence-electron chi connectivity index (χ1n) is 8.87. The van der Waals surface area contributed by atoms with Gasteiger partial charge in [-0.15, -0.1) is 11.6 Å². The number of fused-ring (bicyclic) bond motifs is 2. The molecular formula is C21H20ClNO3S. The maximum atomic E-state index is 13.7. The molecule has 1 saturated carbocycles. The van der Waals surface area contributed by atoms with Gasteiger partial charge in [-0.3, -0.25) is 4.79 Å². The number of anilines is 1. The highest BCUT2D eigenvalue weighted by atomic mass is 35.5. The third kappa shape index (κ3) is 2.64. The largest absolute Gasteiger partial charge is 0.325 e. The normalized spacial score (nSPS) is 29.0. The molecule has 1 fully saturated rings. The van der Waals surface area contributed by atoms with Crippen LogP contribution in [-0.4, -0.2) is 24.4 Å². The number of benzene rings is 2. The van der Waals surface area contributed by atoms with E-state index in [9.17, 15) is 13.2 Å². The van der Waals surface area contributed by atoms with E-state index in [1.54, 1.807) is 30.3 Å².